The fourth-order valence-corrected chi connectivity index (χ4v) is 5.96. The molecule has 1 aromatic carbocycles. The van der Waals surface area contributed by atoms with Crippen molar-refractivity contribution < 1.29 is 18.3 Å². The van der Waals surface area contributed by atoms with E-state index in [9.17, 15) is 18.3 Å². The van der Waals surface area contributed by atoms with Gasteiger partial charge in [0.25, 0.3) is 10.0 Å². The van der Waals surface area contributed by atoms with Crippen molar-refractivity contribution in [2.24, 2.45) is 0 Å². The number of sulfonamides is 1. The van der Waals surface area contributed by atoms with E-state index < -0.39 is 16.0 Å². The second-order valence-corrected chi connectivity index (χ2v) is 9.55. The molecule has 1 aliphatic heterocycles. The van der Waals surface area contributed by atoms with Gasteiger partial charge in [-0.25, -0.2) is 13.2 Å². The minimum Gasteiger partial charge on any atom is -0.478 e. The molecule has 1 aliphatic rings. The topological polar surface area (TPSA) is 74.7 Å². The molecule has 2 heterocycles. The zero-order valence-electron chi connectivity index (χ0n) is 14.5. The third-order valence-corrected chi connectivity index (χ3v) is 7.96. The first-order valence-corrected chi connectivity index (χ1v) is 10.8. The molecule has 0 amide bonds. The van der Waals surface area contributed by atoms with Gasteiger partial charge in [-0.3, -0.25) is 0 Å². The number of rotatable bonds is 5. The van der Waals surface area contributed by atoms with Gasteiger partial charge in [0.1, 0.15) is 4.21 Å². The molecule has 5 nitrogen and oxygen atoms in total. The normalized spacial score (nSPS) is 16.6. The van der Waals surface area contributed by atoms with Gasteiger partial charge in [-0.05, 0) is 49.1 Å². The maximum atomic E-state index is 12.8. The van der Waals surface area contributed by atoms with Crippen LogP contribution in [0.2, 0.25) is 0 Å². The standard InChI is InChI=1S/C19H21NO4S2/c1-14-7-3-4-8-15(14)13-16(19(21)22)17-9-10-18(25-17)26(23,24)20-11-5-2-6-12-20/h3-4,7-10,13H,2,5-6,11-12H2,1H3,(H,21,22)/b16-13-. The lowest BCUT2D eigenvalue weighted by atomic mass is 10.1. The Morgan fingerprint density at radius 3 is 2.46 bits per heavy atom. The maximum absolute atomic E-state index is 12.8. The van der Waals surface area contributed by atoms with E-state index in [4.69, 9.17) is 0 Å². The maximum Gasteiger partial charge on any atom is 0.337 e. The van der Waals surface area contributed by atoms with Crippen molar-refractivity contribution in [2.75, 3.05) is 13.1 Å². The molecule has 0 bridgehead atoms. The summed E-state index contributed by atoms with van der Waals surface area (Å²) in [5, 5.41) is 9.62. The van der Waals surface area contributed by atoms with Crippen molar-refractivity contribution >= 4 is 39.0 Å². The van der Waals surface area contributed by atoms with Crippen LogP contribution in [0.4, 0.5) is 0 Å². The number of thiophene rings is 1. The Hall–Kier alpha value is -1.96. The summed E-state index contributed by atoms with van der Waals surface area (Å²) < 4.78 is 27.2. The Balaban J connectivity index is 1.96. The first-order valence-electron chi connectivity index (χ1n) is 8.50. The zero-order chi connectivity index (χ0) is 18.7. The predicted octanol–water partition coefficient (Wildman–Crippen LogP) is 3.86. The minimum absolute atomic E-state index is 0.101. The Bertz CT molecular complexity index is 938. The third-order valence-electron chi connectivity index (χ3n) is 4.47. The van der Waals surface area contributed by atoms with Gasteiger partial charge in [0.05, 0.1) is 5.57 Å². The summed E-state index contributed by atoms with van der Waals surface area (Å²) >= 11 is 1.02. The summed E-state index contributed by atoms with van der Waals surface area (Å²) in [5.74, 6) is -1.07. The van der Waals surface area contributed by atoms with Crippen LogP contribution in [-0.4, -0.2) is 36.9 Å². The van der Waals surface area contributed by atoms with Gasteiger partial charge in [0, 0.05) is 18.0 Å². The highest BCUT2D eigenvalue weighted by atomic mass is 32.2. The van der Waals surface area contributed by atoms with Gasteiger partial charge in [-0.2, -0.15) is 4.31 Å². The highest BCUT2D eigenvalue weighted by Gasteiger charge is 2.28. The quantitative estimate of drug-likeness (QED) is 0.786. The van der Waals surface area contributed by atoms with Gasteiger partial charge in [0.15, 0.2) is 0 Å². The van der Waals surface area contributed by atoms with Crippen molar-refractivity contribution in [3.8, 4) is 0 Å². The van der Waals surface area contributed by atoms with E-state index >= 15 is 0 Å². The molecule has 138 valence electrons. The average Bonchev–Trinajstić information content (AvgIpc) is 3.12. The number of hydrogen-bond donors (Lipinski definition) is 1. The highest BCUT2D eigenvalue weighted by Crippen LogP contribution is 2.32. The van der Waals surface area contributed by atoms with Crippen LogP contribution < -0.4 is 0 Å². The van der Waals surface area contributed by atoms with Gasteiger partial charge < -0.3 is 5.11 Å². The Kier molecular flexibility index (Phi) is 5.60. The van der Waals surface area contributed by atoms with E-state index in [0.717, 1.165) is 41.7 Å². The summed E-state index contributed by atoms with van der Waals surface area (Å²) in [6.45, 7) is 2.97. The van der Waals surface area contributed by atoms with Gasteiger partial charge in [-0.1, -0.05) is 30.7 Å². The van der Waals surface area contributed by atoms with Crippen molar-refractivity contribution in [3.63, 3.8) is 0 Å². The second-order valence-electron chi connectivity index (χ2n) is 6.30. The van der Waals surface area contributed by atoms with E-state index in [0.29, 0.717) is 18.0 Å². The SMILES string of the molecule is Cc1ccccc1/C=C(\C(=O)O)c1ccc(S(=O)(=O)N2CCCCC2)s1. The lowest BCUT2D eigenvalue weighted by molar-refractivity contribution is -0.130. The Morgan fingerprint density at radius 1 is 1.12 bits per heavy atom. The van der Waals surface area contributed by atoms with Crippen LogP contribution in [0, 0.1) is 6.92 Å². The molecule has 0 saturated carbocycles. The van der Waals surface area contributed by atoms with E-state index in [-0.39, 0.29) is 9.78 Å². The van der Waals surface area contributed by atoms with E-state index in [1.54, 1.807) is 12.1 Å². The molecule has 0 atom stereocenters. The van der Waals surface area contributed by atoms with Crippen LogP contribution >= 0.6 is 11.3 Å². The number of aliphatic carboxylic acids is 1. The van der Waals surface area contributed by atoms with Crippen LogP contribution in [0.25, 0.3) is 11.6 Å². The zero-order valence-corrected chi connectivity index (χ0v) is 16.1. The summed E-state index contributed by atoms with van der Waals surface area (Å²) in [6, 6.07) is 10.6. The largest absolute Gasteiger partial charge is 0.478 e. The van der Waals surface area contributed by atoms with E-state index in [2.05, 4.69) is 0 Å². The second kappa shape index (κ2) is 7.73. The summed E-state index contributed by atoms with van der Waals surface area (Å²) in [7, 11) is -3.55. The number of carbonyl (C=O) groups is 1. The molecule has 1 fully saturated rings. The molecule has 1 aromatic heterocycles. The molecule has 0 radical (unpaired) electrons. The van der Waals surface area contributed by atoms with Gasteiger partial charge in [-0.15, -0.1) is 11.3 Å². The Labute approximate surface area is 157 Å². The van der Waals surface area contributed by atoms with Crippen LogP contribution in [0.15, 0.2) is 40.6 Å². The minimum atomic E-state index is -3.55. The molecule has 26 heavy (non-hydrogen) atoms. The molecule has 0 unspecified atom stereocenters. The summed E-state index contributed by atoms with van der Waals surface area (Å²) in [4.78, 5) is 12.2. The molecule has 2 aromatic rings. The number of hydrogen-bond acceptors (Lipinski definition) is 4. The molecule has 1 saturated heterocycles. The molecular weight excluding hydrogens is 370 g/mol. The molecule has 0 spiro atoms. The van der Waals surface area contributed by atoms with Crippen molar-refractivity contribution in [2.45, 2.75) is 30.4 Å². The monoisotopic (exact) mass is 391 g/mol. The molecule has 1 N–H and O–H groups in total. The third kappa shape index (κ3) is 3.90. The lowest BCUT2D eigenvalue weighted by Crippen LogP contribution is -2.35. The van der Waals surface area contributed by atoms with Crippen molar-refractivity contribution in [1.82, 2.24) is 4.31 Å². The summed E-state index contributed by atoms with van der Waals surface area (Å²) in [5.41, 5.74) is 1.87. The fourth-order valence-electron chi connectivity index (χ4n) is 2.98. The van der Waals surface area contributed by atoms with Gasteiger partial charge in [0.2, 0.25) is 0 Å². The first-order chi connectivity index (χ1) is 12.4. The van der Waals surface area contributed by atoms with Crippen molar-refractivity contribution in [3.05, 3.63) is 52.4 Å². The summed E-state index contributed by atoms with van der Waals surface area (Å²) in [6.07, 6.45) is 4.38. The van der Waals surface area contributed by atoms with Gasteiger partial charge >= 0.3 is 5.97 Å². The number of carboxylic acid groups (broad SMARTS) is 1. The van der Waals surface area contributed by atoms with Crippen LogP contribution in [-0.2, 0) is 14.8 Å². The van der Waals surface area contributed by atoms with E-state index in [1.165, 1.54) is 10.4 Å². The number of benzene rings is 1. The molecular formula is C19H21NO4S2. The molecule has 0 aliphatic carbocycles. The number of aryl methyl sites for hydroxylation is 1. The van der Waals surface area contributed by atoms with E-state index in [1.807, 2.05) is 31.2 Å². The molecule has 7 heteroatoms. The smallest absolute Gasteiger partial charge is 0.337 e. The number of nitrogens with zero attached hydrogens (tertiary/aromatic N) is 1. The number of piperidine rings is 1. The first kappa shape index (κ1) is 18.8. The van der Waals surface area contributed by atoms with Crippen LogP contribution in [0.1, 0.15) is 35.3 Å². The lowest BCUT2D eigenvalue weighted by Gasteiger charge is -2.25. The van der Waals surface area contributed by atoms with Crippen LogP contribution in [0.3, 0.4) is 0 Å². The van der Waals surface area contributed by atoms with Crippen molar-refractivity contribution in [1.29, 1.82) is 0 Å². The molecule has 3 rings (SSSR count). The Morgan fingerprint density at radius 2 is 1.81 bits per heavy atom. The fraction of sp³-hybridized carbons (Fsp3) is 0.316. The number of carboxylic acids is 1. The van der Waals surface area contributed by atoms with Crippen LogP contribution in [0.5, 0.6) is 0 Å². The predicted molar refractivity (Wildman–Crippen MR) is 104 cm³/mol. The highest BCUT2D eigenvalue weighted by molar-refractivity contribution is 7.91. The average molecular weight is 392 g/mol.